The topological polar surface area (TPSA) is 40.5 Å². The number of hydrogen-bond acceptors (Lipinski definition) is 2. The Morgan fingerprint density at radius 3 is 2.38 bits per heavy atom. The quantitative estimate of drug-likeness (QED) is 0.743. The molecule has 0 spiro atoms. The molecule has 0 amide bonds. The van der Waals surface area contributed by atoms with Crippen molar-refractivity contribution in [3.05, 3.63) is 12.2 Å². The van der Waals surface area contributed by atoms with Gasteiger partial charge in [-0.25, -0.2) is 0 Å². The third-order valence-corrected chi connectivity index (χ3v) is 3.89. The van der Waals surface area contributed by atoms with Gasteiger partial charge in [-0.3, -0.25) is 9.69 Å². The fourth-order valence-electron chi connectivity index (χ4n) is 3.14. The van der Waals surface area contributed by atoms with Crippen molar-refractivity contribution in [1.29, 1.82) is 0 Å². The van der Waals surface area contributed by atoms with Gasteiger partial charge in [-0.1, -0.05) is 31.4 Å². The summed E-state index contributed by atoms with van der Waals surface area (Å²) in [7, 11) is 0. The van der Waals surface area contributed by atoms with Crippen molar-refractivity contribution in [2.75, 3.05) is 19.6 Å². The Balaban J connectivity index is 1.97. The maximum absolute atomic E-state index is 11.0. The van der Waals surface area contributed by atoms with E-state index in [0.29, 0.717) is 6.42 Å². The average Bonchev–Trinajstić information content (AvgIpc) is 2.70. The number of aliphatic carboxylic acids is 1. The Morgan fingerprint density at radius 2 is 1.81 bits per heavy atom. The molecule has 3 heteroatoms. The highest BCUT2D eigenvalue weighted by Crippen LogP contribution is 2.40. The number of carbonyl (C=O) groups is 1. The van der Waals surface area contributed by atoms with Gasteiger partial charge in [0.2, 0.25) is 0 Å². The normalized spacial score (nSPS) is 24.8. The number of nitrogens with zero attached hydrogens (tertiary/aromatic N) is 1. The van der Waals surface area contributed by atoms with Crippen LogP contribution in [0.5, 0.6) is 0 Å². The zero-order chi connectivity index (χ0) is 11.4. The van der Waals surface area contributed by atoms with E-state index in [0.717, 1.165) is 32.5 Å². The molecule has 0 aromatic rings. The maximum Gasteiger partial charge on any atom is 0.303 e. The molecular weight excluding hydrogens is 202 g/mol. The molecule has 2 rings (SSSR count). The van der Waals surface area contributed by atoms with Crippen LogP contribution >= 0.6 is 0 Å². The van der Waals surface area contributed by atoms with Crippen molar-refractivity contribution < 1.29 is 9.90 Å². The standard InChI is InChI=1S/C13H21NO2/c15-12(16)10-13(6-2-1-3-7-13)11-14-8-4-5-9-14/h4-5H,1-3,6-11H2,(H,15,16). The number of rotatable bonds is 4. The Morgan fingerprint density at radius 1 is 1.19 bits per heavy atom. The Labute approximate surface area is 97.1 Å². The van der Waals surface area contributed by atoms with Gasteiger partial charge in [0, 0.05) is 19.6 Å². The Kier molecular flexibility index (Phi) is 3.64. The minimum atomic E-state index is -0.631. The molecule has 1 N–H and O–H groups in total. The fourth-order valence-corrected chi connectivity index (χ4v) is 3.14. The summed E-state index contributed by atoms with van der Waals surface area (Å²) < 4.78 is 0. The summed E-state index contributed by atoms with van der Waals surface area (Å²) in [5.74, 6) is -0.631. The van der Waals surface area contributed by atoms with Crippen molar-refractivity contribution in [3.63, 3.8) is 0 Å². The van der Waals surface area contributed by atoms with Crippen molar-refractivity contribution in [1.82, 2.24) is 4.90 Å². The first-order valence-corrected chi connectivity index (χ1v) is 6.29. The van der Waals surface area contributed by atoms with Crippen LogP contribution in [0.1, 0.15) is 38.5 Å². The number of carboxylic acid groups (broad SMARTS) is 1. The van der Waals surface area contributed by atoms with Crippen molar-refractivity contribution in [2.45, 2.75) is 38.5 Å². The lowest BCUT2D eigenvalue weighted by Crippen LogP contribution is -2.39. The second-order valence-electron chi connectivity index (χ2n) is 5.30. The molecule has 16 heavy (non-hydrogen) atoms. The minimum Gasteiger partial charge on any atom is -0.481 e. The molecule has 1 fully saturated rings. The van der Waals surface area contributed by atoms with Crippen LogP contribution in [0.2, 0.25) is 0 Å². The van der Waals surface area contributed by atoms with Gasteiger partial charge in [0.05, 0.1) is 6.42 Å². The maximum atomic E-state index is 11.0. The van der Waals surface area contributed by atoms with E-state index in [9.17, 15) is 4.79 Å². The molecule has 0 saturated heterocycles. The molecule has 0 unspecified atom stereocenters. The summed E-state index contributed by atoms with van der Waals surface area (Å²) >= 11 is 0. The van der Waals surface area contributed by atoms with Gasteiger partial charge in [-0.15, -0.1) is 0 Å². The van der Waals surface area contributed by atoms with Gasteiger partial charge in [0.15, 0.2) is 0 Å². The van der Waals surface area contributed by atoms with Crippen LogP contribution in [0.25, 0.3) is 0 Å². The van der Waals surface area contributed by atoms with E-state index >= 15 is 0 Å². The predicted octanol–water partition coefficient (Wildman–Crippen LogP) is 2.28. The van der Waals surface area contributed by atoms with Crippen LogP contribution in [0.15, 0.2) is 12.2 Å². The van der Waals surface area contributed by atoms with Gasteiger partial charge in [-0.2, -0.15) is 0 Å². The third kappa shape index (κ3) is 2.85. The lowest BCUT2D eigenvalue weighted by molar-refractivity contribution is -0.140. The highest BCUT2D eigenvalue weighted by atomic mass is 16.4. The average molecular weight is 223 g/mol. The lowest BCUT2D eigenvalue weighted by Gasteiger charge is -2.39. The molecule has 90 valence electrons. The SMILES string of the molecule is O=C(O)CC1(CN2CC=CC2)CCCCC1. The molecule has 0 aromatic carbocycles. The molecule has 1 heterocycles. The van der Waals surface area contributed by atoms with Gasteiger partial charge >= 0.3 is 5.97 Å². The van der Waals surface area contributed by atoms with E-state index in [2.05, 4.69) is 17.1 Å². The molecular formula is C13H21NO2. The van der Waals surface area contributed by atoms with E-state index < -0.39 is 5.97 Å². The van der Waals surface area contributed by atoms with E-state index in [1.54, 1.807) is 0 Å². The fraction of sp³-hybridized carbons (Fsp3) is 0.769. The van der Waals surface area contributed by atoms with E-state index in [1.165, 1.54) is 19.3 Å². The molecule has 1 aliphatic heterocycles. The van der Waals surface area contributed by atoms with Crippen LogP contribution in [-0.4, -0.2) is 35.6 Å². The van der Waals surface area contributed by atoms with Gasteiger partial charge in [0.25, 0.3) is 0 Å². The Bertz CT molecular complexity index is 272. The lowest BCUT2D eigenvalue weighted by atomic mass is 9.71. The molecule has 2 aliphatic rings. The highest BCUT2D eigenvalue weighted by molar-refractivity contribution is 5.67. The largest absolute Gasteiger partial charge is 0.481 e. The van der Waals surface area contributed by atoms with Crippen LogP contribution in [0.3, 0.4) is 0 Å². The summed E-state index contributed by atoms with van der Waals surface area (Å²) in [6, 6.07) is 0. The summed E-state index contributed by atoms with van der Waals surface area (Å²) in [6.07, 6.45) is 10.6. The molecule has 1 saturated carbocycles. The minimum absolute atomic E-state index is 0.0517. The molecule has 3 nitrogen and oxygen atoms in total. The van der Waals surface area contributed by atoms with Crippen LogP contribution < -0.4 is 0 Å². The first kappa shape index (κ1) is 11.6. The second-order valence-corrected chi connectivity index (χ2v) is 5.30. The van der Waals surface area contributed by atoms with Crippen molar-refractivity contribution >= 4 is 5.97 Å². The number of hydrogen-bond donors (Lipinski definition) is 1. The molecule has 1 aliphatic carbocycles. The highest BCUT2D eigenvalue weighted by Gasteiger charge is 2.35. The Hall–Kier alpha value is -0.830. The van der Waals surface area contributed by atoms with E-state index in [-0.39, 0.29) is 5.41 Å². The molecule has 0 atom stereocenters. The zero-order valence-electron chi connectivity index (χ0n) is 9.82. The third-order valence-electron chi connectivity index (χ3n) is 3.89. The monoisotopic (exact) mass is 223 g/mol. The van der Waals surface area contributed by atoms with Crippen LogP contribution in [0, 0.1) is 5.41 Å². The smallest absolute Gasteiger partial charge is 0.303 e. The van der Waals surface area contributed by atoms with Crippen LogP contribution in [0.4, 0.5) is 0 Å². The molecule has 0 radical (unpaired) electrons. The summed E-state index contributed by atoms with van der Waals surface area (Å²) in [6.45, 7) is 2.97. The predicted molar refractivity (Wildman–Crippen MR) is 63.4 cm³/mol. The summed E-state index contributed by atoms with van der Waals surface area (Å²) in [4.78, 5) is 13.4. The second kappa shape index (κ2) is 5.00. The van der Waals surface area contributed by atoms with Crippen LogP contribution in [-0.2, 0) is 4.79 Å². The zero-order valence-corrected chi connectivity index (χ0v) is 9.82. The summed E-state index contributed by atoms with van der Waals surface area (Å²) in [5, 5.41) is 9.07. The van der Waals surface area contributed by atoms with Crippen molar-refractivity contribution in [3.8, 4) is 0 Å². The van der Waals surface area contributed by atoms with Crippen molar-refractivity contribution in [2.24, 2.45) is 5.41 Å². The molecule has 0 bridgehead atoms. The van der Waals surface area contributed by atoms with Gasteiger partial charge in [0.1, 0.15) is 0 Å². The van der Waals surface area contributed by atoms with Gasteiger partial charge in [-0.05, 0) is 18.3 Å². The number of carboxylic acids is 1. The summed E-state index contributed by atoms with van der Waals surface area (Å²) in [5.41, 5.74) is 0.0517. The first-order chi connectivity index (χ1) is 7.70. The van der Waals surface area contributed by atoms with Gasteiger partial charge < -0.3 is 5.11 Å². The van der Waals surface area contributed by atoms with E-state index in [1.807, 2.05) is 0 Å². The van der Waals surface area contributed by atoms with E-state index in [4.69, 9.17) is 5.11 Å². The molecule has 0 aromatic heterocycles. The first-order valence-electron chi connectivity index (χ1n) is 6.29.